The lowest BCUT2D eigenvalue weighted by atomic mass is 10.2. The molecule has 0 saturated heterocycles. The first-order valence-corrected chi connectivity index (χ1v) is 7.50. The van der Waals surface area contributed by atoms with E-state index in [4.69, 9.17) is 4.74 Å². The molecule has 1 unspecified atom stereocenters. The maximum Gasteiger partial charge on any atom is 0.230 e. The Morgan fingerprint density at radius 2 is 2.10 bits per heavy atom. The number of carbonyl (C=O) groups is 1. The Balaban J connectivity index is 1.89. The SMILES string of the molecule is COCC(NC(=O)CSc1ccncc1)c1ccccn1. The highest BCUT2D eigenvalue weighted by molar-refractivity contribution is 8.00. The van der Waals surface area contributed by atoms with Crippen molar-refractivity contribution in [2.24, 2.45) is 0 Å². The molecule has 2 aromatic heterocycles. The summed E-state index contributed by atoms with van der Waals surface area (Å²) in [6, 6.07) is 9.13. The summed E-state index contributed by atoms with van der Waals surface area (Å²) in [7, 11) is 1.60. The number of rotatable bonds is 7. The van der Waals surface area contributed by atoms with Gasteiger partial charge in [-0.3, -0.25) is 14.8 Å². The van der Waals surface area contributed by atoms with Gasteiger partial charge in [-0.1, -0.05) is 6.07 Å². The standard InChI is InChI=1S/C15H17N3O2S/c1-20-10-14(13-4-2-3-7-17-13)18-15(19)11-21-12-5-8-16-9-6-12/h2-9,14H,10-11H2,1H3,(H,18,19). The van der Waals surface area contributed by atoms with E-state index in [1.165, 1.54) is 11.8 Å². The van der Waals surface area contributed by atoms with Gasteiger partial charge in [-0.25, -0.2) is 0 Å². The molecule has 0 aliphatic heterocycles. The van der Waals surface area contributed by atoms with Crippen LogP contribution in [-0.2, 0) is 9.53 Å². The summed E-state index contributed by atoms with van der Waals surface area (Å²) in [5.41, 5.74) is 0.793. The molecule has 0 radical (unpaired) electrons. The molecule has 0 aromatic carbocycles. The van der Waals surface area contributed by atoms with Crippen molar-refractivity contribution >= 4 is 17.7 Å². The molecular formula is C15H17N3O2S. The van der Waals surface area contributed by atoms with Crippen LogP contribution < -0.4 is 5.32 Å². The summed E-state index contributed by atoms with van der Waals surface area (Å²) in [5.74, 6) is 0.293. The zero-order valence-corrected chi connectivity index (χ0v) is 12.5. The Morgan fingerprint density at radius 1 is 1.29 bits per heavy atom. The number of ether oxygens (including phenoxy) is 1. The van der Waals surface area contributed by atoms with E-state index in [9.17, 15) is 4.79 Å². The van der Waals surface area contributed by atoms with Gasteiger partial charge in [0, 0.05) is 30.6 Å². The van der Waals surface area contributed by atoms with Gasteiger partial charge in [0.15, 0.2) is 0 Å². The molecule has 21 heavy (non-hydrogen) atoms. The number of nitrogens with zero attached hydrogens (tertiary/aromatic N) is 2. The second kappa shape index (κ2) is 8.39. The largest absolute Gasteiger partial charge is 0.382 e. The first-order valence-electron chi connectivity index (χ1n) is 6.51. The number of nitrogens with one attached hydrogen (secondary N) is 1. The number of thioether (sulfide) groups is 1. The van der Waals surface area contributed by atoms with Gasteiger partial charge < -0.3 is 10.1 Å². The highest BCUT2D eigenvalue weighted by Gasteiger charge is 2.15. The van der Waals surface area contributed by atoms with Gasteiger partial charge in [0.05, 0.1) is 24.1 Å². The second-order valence-electron chi connectivity index (χ2n) is 4.30. The predicted molar refractivity (Wildman–Crippen MR) is 82.0 cm³/mol. The fourth-order valence-electron chi connectivity index (χ4n) is 1.77. The molecule has 2 aromatic rings. The minimum absolute atomic E-state index is 0.0514. The van der Waals surface area contributed by atoms with Crippen LogP contribution in [0.2, 0.25) is 0 Å². The maximum atomic E-state index is 12.0. The van der Waals surface area contributed by atoms with Gasteiger partial charge >= 0.3 is 0 Å². The molecule has 0 aliphatic rings. The molecule has 2 heterocycles. The Kier molecular flexibility index (Phi) is 6.18. The molecule has 0 fully saturated rings. The molecule has 1 atom stereocenters. The molecule has 0 bridgehead atoms. The summed E-state index contributed by atoms with van der Waals surface area (Å²) in [4.78, 5) is 21.3. The van der Waals surface area contributed by atoms with Crippen LogP contribution in [0.1, 0.15) is 11.7 Å². The molecule has 1 N–H and O–H groups in total. The van der Waals surface area contributed by atoms with Gasteiger partial charge in [0.2, 0.25) is 5.91 Å². The van der Waals surface area contributed by atoms with Gasteiger partial charge in [0.25, 0.3) is 0 Å². The second-order valence-corrected chi connectivity index (χ2v) is 5.35. The van der Waals surface area contributed by atoms with Gasteiger partial charge in [-0.15, -0.1) is 11.8 Å². The van der Waals surface area contributed by atoms with Crippen molar-refractivity contribution < 1.29 is 9.53 Å². The Labute approximate surface area is 128 Å². The number of hydrogen-bond acceptors (Lipinski definition) is 5. The first-order chi connectivity index (χ1) is 10.3. The quantitative estimate of drug-likeness (QED) is 0.793. The van der Waals surface area contributed by atoms with Crippen LogP contribution in [0.25, 0.3) is 0 Å². The smallest absolute Gasteiger partial charge is 0.230 e. The molecule has 110 valence electrons. The molecule has 0 saturated carbocycles. The van der Waals surface area contributed by atoms with Crippen molar-refractivity contribution in [3.05, 3.63) is 54.6 Å². The number of methoxy groups -OCH3 is 1. The Hall–Kier alpha value is -1.92. The average Bonchev–Trinajstić information content (AvgIpc) is 2.54. The lowest BCUT2D eigenvalue weighted by Gasteiger charge is -2.17. The van der Waals surface area contributed by atoms with Crippen molar-refractivity contribution in [2.75, 3.05) is 19.5 Å². The number of aromatic nitrogens is 2. The minimum atomic E-state index is -0.234. The van der Waals surface area contributed by atoms with Crippen LogP contribution in [0.3, 0.4) is 0 Å². The normalized spacial score (nSPS) is 11.9. The van der Waals surface area contributed by atoms with Crippen molar-refractivity contribution in [3.63, 3.8) is 0 Å². The van der Waals surface area contributed by atoms with E-state index in [-0.39, 0.29) is 11.9 Å². The summed E-state index contributed by atoms with van der Waals surface area (Å²) in [6.45, 7) is 0.392. The summed E-state index contributed by atoms with van der Waals surface area (Å²) >= 11 is 1.47. The van der Waals surface area contributed by atoms with E-state index in [0.717, 1.165) is 10.6 Å². The van der Waals surface area contributed by atoms with Crippen LogP contribution in [0.4, 0.5) is 0 Å². The van der Waals surface area contributed by atoms with Crippen LogP contribution >= 0.6 is 11.8 Å². The van der Waals surface area contributed by atoms with E-state index in [2.05, 4.69) is 15.3 Å². The number of amides is 1. The van der Waals surface area contributed by atoms with Crippen LogP contribution in [0, 0.1) is 0 Å². The molecule has 2 rings (SSSR count). The van der Waals surface area contributed by atoms with E-state index in [1.54, 1.807) is 25.7 Å². The predicted octanol–water partition coefficient (Wildman–Crippen LogP) is 2.07. The Bertz CT molecular complexity index is 551. The van der Waals surface area contributed by atoms with E-state index in [0.29, 0.717) is 12.4 Å². The molecule has 1 amide bonds. The molecule has 0 aliphatic carbocycles. The van der Waals surface area contributed by atoms with Gasteiger partial charge in [-0.05, 0) is 24.3 Å². The van der Waals surface area contributed by atoms with Crippen molar-refractivity contribution in [3.8, 4) is 0 Å². The van der Waals surface area contributed by atoms with Crippen molar-refractivity contribution in [1.82, 2.24) is 15.3 Å². The monoisotopic (exact) mass is 303 g/mol. The third kappa shape index (κ3) is 5.17. The highest BCUT2D eigenvalue weighted by atomic mass is 32.2. The van der Waals surface area contributed by atoms with Crippen LogP contribution in [0.5, 0.6) is 0 Å². The first kappa shape index (κ1) is 15.5. The zero-order chi connectivity index (χ0) is 14.9. The topological polar surface area (TPSA) is 64.1 Å². The fraction of sp³-hybridized carbons (Fsp3) is 0.267. The van der Waals surface area contributed by atoms with Gasteiger partial charge in [-0.2, -0.15) is 0 Å². The molecule has 6 heteroatoms. The molecule has 5 nitrogen and oxygen atoms in total. The van der Waals surface area contributed by atoms with E-state index in [1.807, 2.05) is 30.3 Å². The summed E-state index contributed by atoms with van der Waals surface area (Å²) in [6.07, 6.45) is 5.12. The van der Waals surface area contributed by atoms with Crippen molar-refractivity contribution in [1.29, 1.82) is 0 Å². The third-order valence-corrected chi connectivity index (χ3v) is 3.75. The summed E-state index contributed by atoms with van der Waals surface area (Å²) < 4.78 is 5.15. The lowest BCUT2D eigenvalue weighted by molar-refractivity contribution is -0.119. The van der Waals surface area contributed by atoms with E-state index < -0.39 is 0 Å². The maximum absolute atomic E-state index is 12.0. The third-order valence-electron chi connectivity index (χ3n) is 2.73. The van der Waals surface area contributed by atoms with Crippen LogP contribution in [0.15, 0.2) is 53.8 Å². The zero-order valence-electron chi connectivity index (χ0n) is 11.7. The van der Waals surface area contributed by atoms with Gasteiger partial charge in [0.1, 0.15) is 0 Å². The van der Waals surface area contributed by atoms with E-state index >= 15 is 0 Å². The highest BCUT2D eigenvalue weighted by Crippen LogP contribution is 2.16. The molecular weight excluding hydrogens is 286 g/mol. The van der Waals surface area contributed by atoms with Crippen LogP contribution in [-0.4, -0.2) is 35.3 Å². The Morgan fingerprint density at radius 3 is 2.76 bits per heavy atom. The number of hydrogen-bond donors (Lipinski definition) is 1. The lowest BCUT2D eigenvalue weighted by Crippen LogP contribution is -2.33. The number of pyridine rings is 2. The number of carbonyl (C=O) groups excluding carboxylic acids is 1. The van der Waals surface area contributed by atoms with Crippen molar-refractivity contribution in [2.45, 2.75) is 10.9 Å². The minimum Gasteiger partial charge on any atom is -0.382 e. The molecule has 0 spiro atoms. The summed E-state index contributed by atoms with van der Waals surface area (Å²) in [5, 5.41) is 2.94. The fourth-order valence-corrected chi connectivity index (χ4v) is 2.46. The average molecular weight is 303 g/mol.